The van der Waals surface area contributed by atoms with Crippen LogP contribution in [0.5, 0.6) is 0 Å². The van der Waals surface area contributed by atoms with Crippen LogP contribution in [0.15, 0.2) is 71.4 Å². The zero-order valence-electron chi connectivity index (χ0n) is 15.8. The smallest absolute Gasteiger partial charge is 0.0699 e. The lowest BCUT2D eigenvalue weighted by molar-refractivity contribution is 0.589. The fourth-order valence-corrected chi connectivity index (χ4v) is 3.16. The maximum Gasteiger partial charge on any atom is 0.0699 e. The van der Waals surface area contributed by atoms with E-state index in [-0.39, 0.29) is 0 Å². The molecule has 3 rings (SSSR count). The van der Waals surface area contributed by atoms with E-state index in [4.69, 9.17) is 0 Å². The standard InChI is InChI=1S/C22H28N4/c1-4-9-24-20-15-19(7-6-18(20)3)16-25-21-14-17(2)5-8-22(21)26-12-10-23-11-13-26/h4-9,14-15,23,25H,3,10-13,16H2,1-2H3/b9-4-,24-20-. The number of aryl methyl sites for hydroxylation is 1. The van der Waals surface area contributed by atoms with E-state index in [0.29, 0.717) is 0 Å². The van der Waals surface area contributed by atoms with Gasteiger partial charge in [-0.25, -0.2) is 0 Å². The molecule has 1 aliphatic heterocycles. The number of hydrogen-bond acceptors (Lipinski definition) is 4. The Hall–Kier alpha value is -2.59. The lowest BCUT2D eigenvalue weighted by Crippen LogP contribution is -2.43. The maximum absolute atomic E-state index is 4.46. The second-order valence-corrected chi connectivity index (χ2v) is 6.69. The summed E-state index contributed by atoms with van der Waals surface area (Å²) in [5.41, 5.74) is 6.82. The van der Waals surface area contributed by atoms with E-state index < -0.39 is 0 Å². The fourth-order valence-electron chi connectivity index (χ4n) is 3.16. The highest BCUT2D eigenvalue weighted by Crippen LogP contribution is 2.28. The van der Waals surface area contributed by atoms with Gasteiger partial charge < -0.3 is 15.5 Å². The van der Waals surface area contributed by atoms with Gasteiger partial charge in [-0.3, -0.25) is 4.99 Å². The van der Waals surface area contributed by atoms with Crippen LogP contribution in [0, 0.1) is 6.92 Å². The number of rotatable bonds is 5. The Balaban J connectivity index is 1.76. The number of piperazine rings is 1. The molecule has 1 heterocycles. The topological polar surface area (TPSA) is 39.7 Å². The molecule has 26 heavy (non-hydrogen) atoms. The summed E-state index contributed by atoms with van der Waals surface area (Å²) in [4.78, 5) is 6.91. The van der Waals surface area contributed by atoms with Gasteiger partial charge in [0.1, 0.15) is 0 Å². The van der Waals surface area contributed by atoms with Crippen molar-refractivity contribution in [1.82, 2.24) is 5.32 Å². The summed E-state index contributed by atoms with van der Waals surface area (Å²) in [6.45, 7) is 13.1. The summed E-state index contributed by atoms with van der Waals surface area (Å²) in [5.74, 6) is 0. The third-order valence-electron chi connectivity index (χ3n) is 4.61. The van der Waals surface area contributed by atoms with Crippen molar-refractivity contribution in [2.45, 2.75) is 13.8 Å². The molecule has 0 spiro atoms. The largest absolute Gasteiger partial charge is 0.379 e. The molecule has 1 aromatic rings. The van der Waals surface area contributed by atoms with E-state index in [1.54, 1.807) is 0 Å². The van der Waals surface area contributed by atoms with Crippen LogP contribution in [0.4, 0.5) is 11.4 Å². The first-order valence-electron chi connectivity index (χ1n) is 9.24. The molecule has 1 saturated heterocycles. The Kier molecular flexibility index (Phi) is 6.08. The van der Waals surface area contributed by atoms with Gasteiger partial charge in [0.25, 0.3) is 0 Å². The molecule has 0 aromatic heterocycles. The zero-order valence-corrected chi connectivity index (χ0v) is 15.8. The fraction of sp³-hybridized carbons (Fsp3) is 0.318. The molecule has 1 aliphatic carbocycles. The number of allylic oxidation sites excluding steroid dienone is 4. The van der Waals surface area contributed by atoms with Gasteiger partial charge in [0, 0.05) is 38.9 Å². The van der Waals surface area contributed by atoms with Crippen LogP contribution in [0.3, 0.4) is 0 Å². The van der Waals surface area contributed by atoms with Crippen LogP contribution >= 0.6 is 0 Å². The Labute approximate surface area is 156 Å². The van der Waals surface area contributed by atoms with Gasteiger partial charge in [-0.2, -0.15) is 0 Å². The second-order valence-electron chi connectivity index (χ2n) is 6.69. The Morgan fingerprint density at radius 2 is 2.08 bits per heavy atom. The van der Waals surface area contributed by atoms with E-state index in [0.717, 1.165) is 44.0 Å². The maximum atomic E-state index is 4.46. The van der Waals surface area contributed by atoms with E-state index in [1.165, 1.54) is 22.5 Å². The van der Waals surface area contributed by atoms with Gasteiger partial charge in [-0.15, -0.1) is 0 Å². The summed E-state index contributed by atoms with van der Waals surface area (Å²) in [6, 6.07) is 6.65. The first-order chi connectivity index (χ1) is 12.7. The highest BCUT2D eigenvalue weighted by Gasteiger charge is 2.14. The molecule has 0 saturated carbocycles. The van der Waals surface area contributed by atoms with Gasteiger partial charge in [-0.05, 0) is 48.8 Å². The van der Waals surface area contributed by atoms with E-state index in [1.807, 2.05) is 25.3 Å². The molecule has 1 fully saturated rings. The average Bonchev–Trinajstić information content (AvgIpc) is 2.67. The summed E-state index contributed by atoms with van der Waals surface area (Å²) >= 11 is 0. The summed E-state index contributed by atoms with van der Waals surface area (Å²) in [7, 11) is 0. The summed E-state index contributed by atoms with van der Waals surface area (Å²) in [6.07, 6.45) is 9.99. The van der Waals surface area contributed by atoms with Crippen LogP contribution in [-0.4, -0.2) is 38.4 Å². The van der Waals surface area contributed by atoms with Gasteiger partial charge in [0.2, 0.25) is 0 Å². The first-order valence-corrected chi connectivity index (χ1v) is 9.24. The minimum atomic E-state index is 0.765. The third kappa shape index (κ3) is 4.52. The molecule has 4 heteroatoms. The molecule has 1 aromatic carbocycles. The molecule has 136 valence electrons. The molecule has 2 aliphatic rings. The van der Waals surface area contributed by atoms with Crippen molar-refractivity contribution in [3.05, 3.63) is 72.0 Å². The van der Waals surface area contributed by atoms with Crippen molar-refractivity contribution < 1.29 is 0 Å². The number of aliphatic imine (C=N–C) groups is 1. The van der Waals surface area contributed by atoms with Gasteiger partial charge in [-0.1, -0.05) is 30.9 Å². The quantitative estimate of drug-likeness (QED) is 0.849. The Morgan fingerprint density at radius 3 is 2.85 bits per heavy atom. The Bertz CT molecular complexity index is 777. The van der Waals surface area contributed by atoms with Crippen LogP contribution in [-0.2, 0) is 0 Å². The van der Waals surface area contributed by atoms with Crippen molar-refractivity contribution in [1.29, 1.82) is 0 Å². The molecular weight excluding hydrogens is 320 g/mol. The van der Waals surface area contributed by atoms with E-state index in [2.05, 4.69) is 64.4 Å². The minimum absolute atomic E-state index is 0.765. The van der Waals surface area contributed by atoms with Crippen molar-refractivity contribution in [3.8, 4) is 0 Å². The monoisotopic (exact) mass is 348 g/mol. The van der Waals surface area contributed by atoms with Crippen molar-refractivity contribution in [3.63, 3.8) is 0 Å². The molecular formula is C22H28N4. The van der Waals surface area contributed by atoms with Gasteiger partial charge in [0.05, 0.1) is 17.1 Å². The average molecular weight is 348 g/mol. The number of hydrogen-bond donors (Lipinski definition) is 2. The predicted octanol–water partition coefficient (Wildman–Crippen LogP) is 3.84. The number of nitrogens with one attached hydrogen (secondary N) is 2. The molecule has 0 amide bonds. The Morgan fingerprint density at radius 1 is 1.27 bits per heavy atom. The van der Waals surface area contributed by atoms with Crippen molar-refractivity contribution in [2.24, 2.45) is 4.99 Å². The van der Waals surface area contributed by atoms with Gasteiger partial charge >= 0.3 is 0 Å². The van der Waals surface area contributed by atoms with Gasteiger partial charge in [0.15, 0.2) is 0 Å². The molecule has 0 unspecified atom stereocenters. The number of nitrogens with zero attached hydrogens (tertiary/aromatic N) is 2. The summed E-state index contributed by atoms with van der Waals surface area (Å²) in [5, 5.41) is 7.05. The van der Waals surface area contributed by atoms with Crippen LogP contribution in [0.25, 0.3) is 0 Å². The predicted molar refractivity (Wildman–Crippen MR) is 113 cm³/mol. The highest BCUT2D eigenvalue weighted by atomic mass is 15.2. The van der Waals surface area contributed by atoms with E-state index in [9.17, 15) is 0 Å². The lowest BCUT2D eigenvalue weighted by Gasteiger charge is -2.31. The third-order valence-corrected chi connectivity index (χ3v) is 4.61. The van der Waals surface area contributed by atoms with Crippen molar-refractivity contribution in [2.75, 3.05) is 42.9 Å². The molecule has 0 atom stereocenters. The van der Waals surface area contributed by atoms with Crippen LogP contribution in [0.1, 0.15) is 12.5 Å². The molecule has 2 N–H and O–H groups in total. The van der Waals surface area contributed by atoms with E-state index >= 15 is 0 Å². The molecule has 4 nitrogen and oxygen atoms in total. The van der Waals surface area contributed by atoms with Crippen LogP contribution < -0.4 is 15.5 Å². The number of anilines is 2. The molecule has 0 bridgehead atoms. The second kappa shape index (κ2) is 8.68. The highest BCUT2D eigenvalue weighted by molar-refractivity contribution is 6.12. The zero-order chi connectivity index (χ0) is 18.4. The number of benzene rings is 1. The molecule has 0 radical (unpaired) electrons. The van der Waals surface area contributed by atoms with Crippen LogP contribution in [0.2, 0.25) is 0 Å². The minimum Gasteiger partial charge on any atom is -0.379 e. The summed E-state index contributed by atoms with van der Waals surface area (Å²) < 4.78 is 0. The lowest BCUT2D eigenvalue weighted by atomic mass is 10.0. The normalized spacial score (nSPS) is 19.3. The SMILES string of the molecule is C=C1C=CC(CNc2cc(C)ccc2N2CCNCC2)=C/C1=N/C=C\C. The van der Waals surface area contributed by atoms with Crippen molar-refractivity contribution >= 4 is 17.1 Å². The first kappa shape index (κ1) is 18.2.